The highest BCUT2D eigenvalue weighted by Gasteiger charge is 2.06. The van der Waals surface area contributed by atoms with Gasteiger partial charge in [0.05, 0.1) is 0 Å². The Balaban J connectivity index is 2.32. The zero-order valence-corrected chi connectivity index (χ0v) is 10.5. The van der Waals surface area contributed by atoms with Crippen molar-refractivity contribution in [2.75, 3.05) is 0 Å². The summed E-state index contributed by atoms with van der Waals surface area (Å²) in [7, 11) is 0. The van der Waals surface area contributed by atoms with Crippen molar-refractivity contribution in [3.8, 4) is 0 Å². The molecule has 0 saturated carbocycles. The average molecular weight is 244 g/mol. The van der Waals surface area contributed by atoms with Gasteiger partial charge in [0.2, 0.25) is 0 Å². The van der Waals surface area contributed by atoms with E-state index in [0.29, 0.717) is 10.7 Å². The van der Waals surface area contributed by atoms with Crippen LogP contribution in [-0.4, -0.2) is 16.3 Å². The van der Waals surface area contributed by atoms with Crippen LogP contribution < -0.4 is 0 Å². The first-order chi connectivity index (χ1) is 8.19. The third-order valence-corrected chi connectivity index (χ3v) is 3.24. The molecule has 0 aliphatic heterocycles. The quantitative estimate of drug-likeness (QED) is 0.614. The second-order valence-corrected chi connectivity index (χ2v) is 4.75. The molecule has 0 saturated heterocycles. The number of carbonyl (C=O) groups is 1. The van der Waals surface area contributed by atoms with Gasteiger partial charge in [0.15, 0.2) is 11.4 Å². The number of benzene rings is 1. The molecule has 0 unspecified atom stereocenters. The topological polar surface area (TPSA) is 42.9 Å². The van der Waals surface area contributed by atoms with E-state index >= 15 is 0 Å². The van der Waals surface area contributed by atoms with Gasteiger partial charge >= 0.3 is 0 Å². The summed E-state index contributed by atoms with van der Waals surface area (Å²) in [5.41, 5.74) is 2.67. The van der Waals surface area contributed by atoms with Crippen LogP contribution in [0.5, 0.6) is 0 Å². The van der Waals surface area contributed by atoms with Crippen molar-refractivity contribution in [2.24, 2.45) is 0 Å². The van der Waals surface area contributed by atoms with Gasteiger partial charge in [0.25, 0.3) is 0 Å². The van der Waals surface area contributed by atoms with E-state index in [1.807, 2.05) is 38.1 Å². The lowest BCUT2D eigenvalue weighted by atomic mass is 10.2. The molecule has 0 fully saturated rings. The predicted molar refractivity (Wildman–Crippen MR) is 67.5 cm³/mol. The van der Waals surface area contributed by atoms with E-state index in [1.165, 1.54) is 11.8 Å². The van der Waals surface area contributed by atoms with Crippen molar-refractivity contribution in [3.63, 3.8) is 0 Å². The fraction of sp³-hybridized carbons (Fsp3) is 0.154. The predicted octanol–water partition coefficient (Wildman–Crippen LogP) is 3.06. The summed E-state index contributed by atoms with van der Waals surface area (Å²) < 4.78 is 0. The van der Waals surface area contributed by atoms with Gasteiger partial charge < -0.3 is 0 Å². The molecule has 1 aromatic carbocycles. The minimum Gasteiger partial charge on any atom is -0.298 e. The zero-order chi connectivity index (χ0) is 12.3. The highest BCUT2D eigenvalue weighted by Crippen LogP contribution is 2.27. The summed E-state index contributed by atoms with van der Waals surface area (Å²) in [4.78, 5) is 20.3. The molecular weight excluding hydrogens is 232 g/mol. The van der Waals surface area contributed by atoms with Crippen molar-refractivity contribution < 1.29 is 4.79 Å². The van der Waals surface area contributed by atoms with Gasteiger partial charge in [-0.05, 0) is 43.8 Å². The first-order valence-corrected chi connectivity index (χ1v) is 6.04. The molecule has 17 heavy (non-hydrogen) atoms. The highest BCUT2D eigenvalue weighted by molar-refractivity contribution is 7.99. The van der Waals surface area contributed by atoms with Crippen molar-refractivity contribution in [1.29, 1.82) is 0 Å². The Hall–Kier alpha value is -1.68. The molecule has 1 aromatic heterocycles. The molecule has 0 atom stereocenters. The maximum absolute atomic E-state index is 11.0. The first kappa shape index (κ1) is 11.8. The van der Waals surface area contributed by atoms with E-state index in [1.54, 1.807) is 6.20 Å². The lowest BCUT2D eigenvalue weighted by Crippen LogP contribution is -1.91. The number of hydrogen-bond acceptors (Lipinski definition) is 4. The lowest BCUT2D eigenvalue weighted by molar-refractivity contribution is 0.112. The Morgan fingerprint density at radius 1 is 1.24 bits per heavy atom. The molecule has 0 aliphatic carbocycles. The lowest BCUT2D eigenvalue weighted by Gasteiger charge is -2.04. The molecule has 1 heterocycles. The summed E-state index contributed by atoms with van der Waals surface area (Å²) in [5.74, 6) is 0. The maximum Gasteiger partial charge on any atom is 0.192 e. The van der Waals surface area contributed by atoms with Gasteiger partial charge in [0.1, 0.15) is 0 Å². The van der Waals surface area contributed by atoms with E-state index in [9.17, 15) is 4.79 Å². The third-order valence-electron chi connectivity index (χ3n) is 2.27. The number of aldehydes is 1. The number of carbonyl (C=O) groups excluding carboxylic acids is 1. The number of rotatable bonds is 3. The van der Waals surface area contributed by atoms with Crippen LogP contribution in [0, 0.1) is 13.8 Å². The van der Waals surface area contributed by atoms with E-state index in [-0.39, 0.29) is 0 Å². The van der Waals surface area contributed by atoms with Crippen LogP contribution in [0.1, 0.15) is 21.6 Å². The van der Waals surface area contributed by atoms with Crippen molar-refractivity contribution in [3.05, 3.63) is 47.3 Å². The molecule has 0 aliphatic rings. The molecule has 0 bridgehead atoms. The number of aromatic nitrogens is 2. The summed E-state index contributed by atoms with van der Waals surface area (Å²) in [6.07, 6.45) is 2.59. The van der Waals surface area contributed by atoms with Crippen LogP contribution >= 0.6 is 11.8 Å². The van der Waals surface area contributed by atoms with E-state index in [0.717, 1.165) is 22.4 Å². The molecule has 0 spiro atoms. The Kier molecular flexibility index (Phi) is 3.54. The number of aryl methyl sites for hydroxylation is 2. The number of nitrogens with zero attached hydrogens (tertiary/aromatic N) is 2. The Morgan fingerprint density at radius 3 is 2.76 bits per heavy atom. The first-order valence-electron chi connectivity index (χ1n) is 5.22. The zero-order valence-electron chi connectivity index (χ0n) is 9.68. The van der Waals surface area contributed by atoms with Gasteiger partial charge in [-0.15, -0.1) is 0 Å². The minimum atomic E-state index is 0.664. The van der Waals surface area contributed by atoms with Crippen LogP contribution in [0.2, 0.25) is 0 Å². The summed E-state index contributed by atoms with van der Waals surface area (Å²) in [6.45, 7) is 3.88. The molecule has 0 N–H and O–H groups in total. The molecule has 2 aromatic rings. The Bertz CT molecular complexity index is 555. The SMILES string of the molecule is Cc1ccc(Sc2nccc(C)n2)c(C=O)c1. The van der Waals surface area contributed by atoms with Crippen LogP contribution in [-0.2, 0) is 0 Å². The van der Waals surface area contributed by atoms with E-state index in [4.69, 9.17) is 0 Å². The maximum atomic E-state index is 11.0. The van der Waals surface area contributed by atoms with Gasteiger partial charge in [-0.3, -0.25) is 4.79 Å². The van der Waals surface area contributed by atoms with Crippen molar-refractivity contribution >= 4 is 18.0 Å². The summed E-state index contributed by atoms with van der Waals surface area (Å²) in [6, 6.07) is 7.62. The Morgan fingerprint density at radius 2 is 2.06 bits per heavy atom. The second-order valence-electron chi connectivity index (χ2n) is 3.74. The fourth-order valence-corrected chi connectivity index (χ4v) is 2.29. The summed E-state index contributed by atoms with van der Waals surface area (Å²) >= 11 is 1.41. The van der Waals surface area contributed by atoms with Crippen molar-refractivity contribution in [2.45, 2.75) is 23.9 Å². The van der Waals surface area contributed by atoms with Gasteiger partial charge in [-0.2, -0.15) is 0 Å². The van der Waals surface area contributed by atoms with Gasteiger partial charge in [-0.1, -0.05) is 11.6 Å². The highest BCUT2D eigenvalue weighted by atomic mass is 32.2. The standard InChI is InChI=1S/C13H12N2OS/c1-9-3-4-12(11(7-9)8-16)17-13-14-6-5-10(2)15-13/h3-8H,1-2H3. The molecule has 2 rings (SSSR count). The van der Waals surface area contributed by atoms with E-state index < -0.39 is 0 Å². The Labute approximate surface area is 104 Å². The van der Waals surface area contributed by atoms with Gasteiger partial charge in [-0.25, -0.2) is 9.97 Å². The summed E-state index contributed by atoms with van der Waals surface area (Å²) in [5, 5.41) is 0.664. The van der Waals surface area contributed by atoms with Crippen molar-refractivity contribution in [1.82, 2.24) is 9.97 Å². The molecular formula is C13H12N2OS. The fourth-order valence-electron chi connectivity index (χ4n) is 1.43. The average Bonchev–Trinajstić information content (AvgIpc) is 2.31. The van der Waals surface area contributed by atoms with Crippen LogP contribution in [0.15, 0.2) is 40.5 Å². The molecule has 86 valence electrons. The van der Waals surface area contributed by atoms with Gasteiger partial charge in [0, 0.05) is 22.3 Å². The normalized spacial score (nSPS) is 10.2. The molecule has 4 heteroatoms. The van der Waals surface area contributed by atoms with Crippen LogP contribution in [0.3, 0.4) is 0 Å². The monoisotopic (exact) mass is 244 g/mol. The second kappa shape index (κ2) is 5.10. The molecule has 0 amide bonds. The third kappa shape index (κ3) is 2.91. The molecule has 0 radical (unpaired) electrons. The smallest absolute Gasteiger partial charge is 0.192 e. The van der Waals surface area contributed by atoms with Crippen LogP contribution in [0.4, 0.5) is 0 Å². The van der Waals surface area contributed by atoms with E-state index in [2.05, 4.69) is 9.97 Å². The largest absolute Gasteiger partial charge is 0.298 e. The minimum absolute atomic E-state index is 0.664. The molecule has 3 nitrogen and oxygen atoms in total. The number of hydrogen-bond donors (Lipinski definition) is 0. The van der Waals surface area contributed by atoms with Crippen LogP contribution in [0.25, 0.3) is 0 Å².